The fourth-order valence-corrected chi connectivity index (χ4v) is 3.07. The number of aromatic nitrogens is 1. The molecule has 0 aliphatic carbocycles. The molecule has 2 saturated heterocycles. The van der Waals surface area contributed by atoms with Crippen LogP contribution in [-0.4, -0.2) is 52.3 Å². The first kappa shape index (κ1) is 13.5. The summed E-state index contributed by atoms with van der Waals surface area (Å²) >= 11 is 0. The molecule has 3 heterocycles. The van der Waals surface area contributed by atoms with Crippen LogP contribution in [0.4, 0.5) is 0 Å². The van der Waals surface area contributed by atoms with Crippen LogP contribution in [0.3, 0.4) is 0 Å². The maximum atomic E-state index is 12.5. The number of aliphatic hydroxyl groups is 1. The summed E-state index contributed by atoms with van der Waals surface area (Å²) < 4.78 is 5.48. The van der Waals surface area contributed by atoms with Gasteiger partial charge in [-0.05, 0) is 43.4 Å². The van der Waals surface area contributed by atoms with Gasteiger partial charge in [0.15, 0.2) is 0 Å². The molecule has 1 aromatic rings. The number of nitrogens with zero attached hydrogens (tertiary/aromatic N) is 2. The molecule has 0 spiro atoms. The van der Waals surface area contributed by atoms with E-state index in [1.807, 2.05) is 12.1 Å². The molecule has 2 fully saturated rings. The van der Waals surface area contributed by atoms with Crippen LogP contribution in [0.25, 0.3) is 0 Å². The number of amides is 1. The Morgan fingerprint density at radius 3 is 2.90 bits per heavy atom. The van der Waals surface area contributed by atoms with Gasteiger partial charge in [-0.25, -0.2) is 0 Å². The summed E-state index contributed by atoms with van der Waals surface area (Å²) in [5, 5.41) is 10.2. The summed E-state index contributed by atoms with van der Waals surface area (Å²) in [4.78, 5) is 18.3. The quantitative estimate of drug-likeness (QED) is 0.885. The maximum absolute atomic E-state index is 12.5. The van der Waals surface area contributed by atoms with Crippen molar-refractivity contribution in [3.05, 3.63) is 30.1 Å². The molecule has 5 nitrogen and oxygen atoms in total. The van der Waals surface area contributed by atoms with E-state index < -0.39 is 6.10 Å². The second kappa shape index (κ2) is 5.89. The number of hydrogen-bond acceptors (Lipinski definition) is 4. The van der Waals surface area contributed by atoms with Gasteiger partial charge < -0.3 is 14.7 Å². The molecular formula is C15H20N2O3. The number of carbonyl (C=O) groups excluding carboxylic acids is 1. The molecule has 5 heteroatoms. The van der Waals surface area contributed by atoms with Crippen molar-refractivity contribution in [2.24, 2.45) is 0 Å². The van der Waals surface area contributed by atoms with E-state index in [2.05, 4.69) is 4.98 Å². The van der Waals surface area contributed by atoms with Crippen molar-refractivity contribution in [3.8, 4) is 0 Å². The van der Waals surface area contributed by atoms with Crippen LogP contribution in [0.1, 0.15) is 24.8 Å². The average molecular weight is 276 g/mol. The Kier molecular flexibility index (Phi) is 3.98. The van der Waals surface area contributed by atoms with Crippen LogP contribution in [0.5, 0.6) is 0 Å². The third kappa shape index (κ3) is 2.69. The number of hydrogen-bond donors (Lipinski definition) is 1. The summed E-state index contributed by atoms with van der Waals surface area (Å²) in [6.45, 7) is 1.29. The average Bonchev–Trinajstić information content (AvgIpc) is 3.11. The summed E-state index contributed by atoms with van der Waals surface area (Å²) in [6.07, 6.45) is 5.78. The Morgan fingerprint density at radius 1 is 1.40 bits per heavy atom. The van der Waals surface area contributed by atoms with Gasteiger partial charge in [0.25, 0.3) is 5.91 Å². The molecule has 0 radical (unpaired) electrons. The van der Waals surface area contributed by atoms with Crippen molar-refractivity contribution in [1.29, 1.82) is 0 Å². The fraction of sp³-hybridized carbons (Fsp3) is 0.600. The number of likely N-dealkylation sites (tertiary alicyclic amines) is 1. The minimum atomic E-state index is -0.450. The van der Waals surface area contributed by atoms with Crippen molar-refractivity contribution >= 4 is 5.91 Å². The van der Waals surface area contributed by atoms with Crippen molar-refractivity contribution < 1.29 is 14.6 Å². The van der Waals surface area contributed by atoms with Gasteiger partial charge in [-0.1, -0.05) is 0 Å². The van der Waals surface area contributed by atoms with Crippen molar-refractivity contribution in [2.75, 3.05) is 13.2 Å². The van der Waals surface area contributed by atoms with Gasteiger partial charge in [0, 0.05) is 25.5 Å². The molecule has 0 unspecified atom stereocenters. The van der Waals surface area contributed by atoms with Crippen molar-refractivity contribution in [3.63, 3.8) is 0 Å². The van der Waals surface area contributed by atoms with Gasteiger partial charge in [-0.2, -0.15) is 0 Å². The molecule has 3 rings (SSSR count). The zero-order chi connectivity index (χ0) is 13.9. The molecule has 1 N–H and O–H groups in total. The van der Waals surface area contributed by atoms with E-state index in [-0.39, 0.29) is 18.1 Å². The lowest BCUT2D eigenvalue weighted by Gasteiger charge is -2.28. The van der Waals surface area contributed by atoms with Crippen molar-refractivity contribution in [1.82, 2.24) is 9.88 Å². The van der Waals surface area contributed by atoms with Gasteiger partial charge >= 0.3 is 0 Å². The monoisotopic (exact) mass is 276 g/mol. The third-order valence-electron chi connectivity index (χ3n) is 4.19. The third-order valence-corrected chi connectivity index (χ3v) is 4.19. The molecule has 2 aliphatic heterocycles. The van der Waals surface area contributed by atoms with E-state index in [4.69, 9.17) is 4.74 Å². The predicted molar refractivity (Wildman–Crippen MR) is 73.0 cm³/mol. The Morgan fingerprint density at radius 2 is 2.20 bits per heavy atom. The minimum absolute atomic E-state index is 0.0399. The lowest BCUT2D eigenvalue weighted by molar-refractivity contribution is -0.142. The van der Waals surface area contributed by atoms with E-state index >= 15 is 0 Å². The topological polar surface area (TPSA) is 62.7 Å². The van der Waals surface area contributed by atoms with E-state index in [1.54, 1.807) is 17.3 Å². The standard InChI is InChI=1S/C15H20N2O3/c18-13-5-8-17(15(19)14-2-1-9-20-14)12(13)10-11-3-6-16-7-4-11/h3-4,6-7,12-14,18H,1-2,5,8-10H2/t12-,13-,14+/m0/s1. The van der Waals surface area contributed by atoms with Gasteiger partial charge in [0.2, 0.25) is 0 Å². The molecule has 1 aromatic heterocycles. The van der Waals surface area contributed by atoms with Crippen LogP contribution in [0.15, 0.2) is 24.5 Å². The van der Waals surface area contributed by atoms with E-state index in [1.165, 1.54) is 0 Å². The lowest BCUT2D eigenvalue weighted by Crippen LogP contribution is -2.45. The van der Waals surface area contributed by atoms with Gasteiger partial charge in [-0.15, -0.1) is 0 Å². The highest BCUT2D eigenvalue weighted by molar-refractivity contribution is 5.81. The lowest BCUT2D eigenvalue weighted by atomic mass is 10.0. The smallest absolute Gasteiger partial charge is 0.252 e. The molecule has 20 heavy (non-hydrogen) atoms. The molecule has 2 aliphatic rings. The molecule has 3 atom stereocenters. The molecule has 0 saturated carbocycles. The number of rotatable bonds is 3. The van der Waals surface area contributed by atoms with Crippen LogP contribution in [0.2, 0.25) is 0 Å². The first-order valence-corrected chi connectivity index (χ1v) is 7.25. The van der Waals surface area contributed by atoms with E-state index in [0.29, 0.717) is 26.0 Å². The Hall–Kier alpha value is -1.46. The normalized spacial score (nSPS) is 29.9. The highest BCUT2D eigenvalue weighted by Gasteiger charge is 2.39. The van der Waals surface area contributed by atoms with E-state index in [9.17, 15) is 9.90 Å². The number of aliphatic hydroxyl groups excluding tert-OH is 1. The van der Waals surface area contributed by atoms with E-state index in [0.717, 1.165) is 18.4 Å². The predicted octanol–water partition coefficient (Wildman–Crippen LogP) is 0.765. The molecular weight excluding hydrogens is 256 g/mol. The van der Waals surface area contributed by atoms with Gasteiger partial charge in [0.05, 0.1) is 12.1 Å². The Bertz CT molecular complexity index is 459. The highest BCUT2D eigenvalue weighted by atomic mass is 16.5. The minimum Gasteiger partial charge on any atom is -0.391 e. The number of carbonyl (C=O) groups is 1. The van der Waals surface area contributed by atoms with Gasteiger partial charge in [0.1, 0.15) is 6.10 Å². The SMILES string of the molecule is O=C([C@H]1CCCO1)N1CC[C@H](O)[C@@H]1Cc1ccncc1. The largest absolute Gasteiger partial charge is 0.391 e. The molecule has 0 aromatic carbocycles. The van der Waals surface area contributed by atoms with Crippen LogP contribution < -0.4 is 0 Å². The molecule has 0 bridgehead atoms. The van der Waals surface area contributed by atoms with Crippen molar-refractivity contribution in [2.45, 2.75) is 43.9 Å². The Balaban J connectivity index is 1.71. The zero-order valence-electron chi connectivity index (χ0n) is 11.4. The summed E-state index contributed by atoms with van der Waals surface area (Å²) in [6, 6.07) is 3.72. The zero-order valence-corrected chi connectivity index (χ0v) is 11.4. The maximum Gasteiger partial charge on any atom is 0.252 e. The first-order chi connectivity index (χ1) is 9.75. The highest BCUT2D eigenvalue weighted by Crippen LogP contribution is 2.25. The summed E-state index contributed by atoms with van der Waals surface area (Å²) in [5.74, 6) is 0.0399. The fourth-order valence-electron chi connectivity index (χ4n) is 3.07. The molecule has 108 valence electrons. The second-order valence-corrected chi connectivity index (χ2v) is 5.52. The molecule has 1 amide bonds. The number of ether oxygens (including phenoxy) is 1. The van der Waals surface area contributed by atoms with Crippen LogP contribution >= 0.6 is 0 Å². The number of pyridine rings is 1. The first-order valence-electron chi connectivity index (χ1n) is 7.25. The van der Waals surface area contributed by atoms with Crippen LogP contribution in [-0.2, 0) is 16.0 Å². The summed E-state index contributed by atoms with van der Waals surface area (Å²) in [7, 11) is 0. The second-order valence-electron chi connectivity index (χ2n) is 5.52. The van der Waals surface area contributed by atoms with Gasteiger partial charge in [-0.3, -0.25) is 9.78 Å². The Labute approximate surface area is 118 Å². The summed E-state index contributed by atoms with van der Waals surface area (Å²) in [5.41, 5.74) is 1.09. The van der Waals surface area contributed by atoms with Crippen LogP contribution in [0, 0.1) is 0 Å².